The van der Waals surface area contributed by atoms with Crippen LogP contribution in [0, 0.1) is 0 Å². The van der Waals surface area contributed by atoms with Gasteiger partial charge >= 0.3 is 5.97 Å². The fourth-order valence-corrected chi connectivity index (χ4v) is 1.69. The van der Waals surface area contributed by atoms with Gasteiger partial charge in [-0.15, -0.1) is 0 Å². The molecule has 3 heteroatoms. The minimum absolute atomic E-state index is 0.462. The SMILES string of the molecule is C/C1=C/CO/C(=C\C(=O)O)CC/C(C)=C\CC1. The number of ether oxygens (including phenoxy) is 1. The van der Waals surface area contributed by atoms with Gasteiger partial charge in [0.1, 0.15) is 12.4 Å². The summed E-state index contributed by atoms with van der Waals surface area (Å²) in [6.07, 6.45) is 9.00. The number of aliphatic carboxylic acids is 1. The average molecular weight is 236 g/mol. The van der Waals surface area contributed by atoms with Crippen molar-refractivity contribution < 1.29 is 14.6 Å². The van der Waals surface area contributed by atoms with Crippen LogP contribution in [0.3, 0.4) is 0 Å². The summed E-state index contributed by atoms with van der Waals surface area (Å²) in [5, 5.41) is 8.74. The molecule has 94 valence electrons. The Morgan fingerprint density at radius 3 is 2.65 bits per heavy atom. The molecule has 0 spiro atoms. The predicted octanol–water partition coefficient (Wildman–Crippen LogP) is 3.44. The van der Waals surface area contributed by atoms with Crippen molar-refractivity contribution in [2.45, 2.75) is 39.5 Å². The van der Waals surface area contributed by atoms with Gasteiger partial charge in [0.05, 0.1) is 6.08 Å². The maximum atomic E-state index is 10.6. The number of rotatable bonds is 1. The van der Waals surface area contributed by atoms with Crippen molar-refractivity contribution in [1.82, 2.24) is 0 Å². The molecular formula is C14H20O3. The van der Waals surface area contributed by atoms with E-state index in [4.69, 9.17) is 9.84 Å². The Kier molecular flexibility index (Phi) is 5.53. The lowest BCUT2D eigenvalue weighted by molar-refractivity contribution is -0.131. The first-order valence-electron chi connectivity index (χ1n) is 5.95. The maximum Gasteiger partial charge on any atom is 0.331 e. The minimum Gasteiger partial charge on any atom is -0.494 e. The Morgan fingerprint density at radius 2 is 1.94 bits per heavy atom. The number of carboxylic acids is 1. The van der Waals surface area contributed by atoms with Gasteiger partial charge < -0.3 is 9.84 Å². The van der Waals surface area contributed by atoms with Crippen molar-refractivity contribution in [3.8, 4) is 0 Å². The summed E-state index contributed by atoms with van der Waals surface area (Å²) in [4.78, 5) is 10.6. The van der Waals surface area contributed by atoms with E-state index in [0.29, 0.717) is 18.8 Å². The molecule has 0 radical (unpaired) electrons. The molecule has 0 unspecified atom stereocenters. The molecule has 0 bridgehead atoms. The van der Waals surface area contributed by atoms with E-state index >= 15 is 0 Å². The molecule has 1 N–H and O–H groups in total. The normalized spacial score (nSPS) is 27.1. The number of allylic oxidation sites excluding steroid dienone is 4. The summed E-state index contributed by atoms with van der Waals surface area (Å²) < 4.78 is 5.48. The predicted molar refractivity (Wildman–Crippen MR) is 67.7 cm³/mol. The van der Waals surface area contributed by atoms with Gasteiger partial charge in [-0.2, -0.15) is 0 Å². The van der Waals surface area contributed by atoms with E-state index in [-0.39, 0.29) is 0 Å². The van der Waals surface area contributed by atoms with Crippen LogP contribution in [0.15, 0.2) is 35.1 Å². The van der Waals surface area contributed by atoms with E-state index in [2.05, 4.69) is 19.9 Å². The Bertz CT molecular complexity index is 362. The van der Waals surface area contributed by atoms with Gasteiger partial charge in [0.15, 0.2) is 0 Å². The molecule has 1 heterocycles. The van der Waals surface area contributed by atoms with Crippen LogP contribution in [0.5, 0.6) is 0 Å². The van der Waals surface area contributed by atoms with E-state index in [1.54, 1.807) is 0 Å². The van der Waals surface area contributed by atoms with E-state index in [9.17, 15) is 4.79 Å². The molecule has 0 aliphatic carbocycles. The molecule has 17 heavy (non-hydrogen) atoms. The van der Waals surface area contributed by atoms with Crippen LogP contribution in [0.25, 0.3) is 0 Å². The lowest BCUT2D eigenvalue weighted by Gasteiger charge is -2.08. The highest BCUT2D eigenvalue weighted by molar-refractivity contribution is 5.80. The number of carbonyl (C=O) groups is 1. The highest BCUT2D eigenvalue weighted by Gasteiger charge is 2.04. The molecule has 0 amide bonds. The second-order valence-electron chi connectivity index (χ2n) is 4.40. The Labute approximate surface area is 102 Å². The zero-order valence-electron chi connectivity index (χ0n) is 10.5. The van der Waals surface area contributed by atoms with Gasteiger partial charge in [0.25, 0.3) is 0 Å². The average Bonchev–Trinajstić information content (AvgIpc) is 2.26. The summed E-state index contributed by atoms with van der Waals surface area (Å²) in [5.74, 6) is -0.395. The van der Waals surface area contributed by atoms with Crippen LogP contribution in [-0.2, 0) is 9.53 Å². The van der Waals surface area contributed by atoms with Crippen molar-refractivity contribution in [3.63, 3.8) is 0 Å². The van der Waals surface area contributed by atoms with Crippen molar-refractivity contribution in [2.75, 3.05) is 6.61 Å². The van der Waals surface area contributed by atoms with Gasteiger partial charge in [-0.3, -0.25) is 0 Å². The smallest absolute Gasteiger partial charge is 0.331 e. The molecule has 0 saturated carbocycles. The largest absolute Gasteiger partial charge is 0.494 e. The molecule has 1 aliphatic heterocycles. The van der Waals surface area contributed by atoms with E-state index < -0.39 is 5.97 Å². The van der Waals surface area contributed by atoms with Crippen LogP contribution in [0.2, 0.25) is 0 Å². The van der Waals surface area contributed by atoms with Gasteiger partial charge in [-0.25, -0.2) is 4.79 Å². The molecule has 3 nitrogen and oxygen atoms in total. The summed E-state index contributed by atoms with van der Waals surface area (Å²) in [6, 6.07) is 0. The molecule has 0 aromatic heterocycles. The van der Waals surface area contributed by atoms with Crippen LogP contribution in [0.4, 0.5) is 0 Å². The first-order chi connectivity index (χ1) is 8.08. The summed E-state index contributed by atoms with van der Waals surface area (Å²) in [6.45, 7) is 4.62. The Hall–Kier alpha value is -1.51. The van der Waals surface area contributed by atoms with Crippen LogP contribution in [0.1, 0.15) is 39.5 Å². The highest BCUT2D eigenvalue weighted by atomic mass is 16.5. The van der Waals surface area contributed by atoms with E-state index in [0.717, 1.165) is 25.3 Å². The van der Waals surface area contributed by atoms with Gasteiger partial charge in [0, 0.05) is 6.42 Å². The molecule has 0 atom stereocenters. The second-order valence-corrected chi connectivity index (χ2v) is 4.40. The molecule has 1 rings (SSSR count). The third-order valence-electron chi connectivity index (χ3n) is 2.78. The third kappa shape index (κ3) is 5.95. The van der Waals surface area contributed by atoms with Crippen LogP contribution < -0.4 is 0 Å². The molecule has 0 fully saturated rings. The second kappa shape index (κ2) is 6.94. The van der Waals surface area contributed by atoms with E-state index in [1.165, 1.54) is 11.1 Å². The van der Waals surface area contributed by atoms with Crippen molar-refractivity contribution >= 4 is 5.97 Å². The lowest BCUT2D eigenvalue weighted by Crippen LogP contribution is -1.98. The quantitative estimate of drug-likeness (QED) is 0.560. The van der Waals surface area contributed by atoms with Gasteiger partial charge in [-0.05, 0) is 39.2 Å². The Balaban J connectivity index is 2.76. The summed E-state index contributed by atoms with van der Waals surface area (Å²) in [7, 11) is 0. The zero-order valence-corrected chi connectivity index (χ0v) is 10.5. The third-order valence-corrected chi connectivity index (χ3v) is 2.78. The minimum atomic E-state index is -0.947. The molecule has 0 aromatic rings. The van der Waals surface area contributed by atoms with Crippen molar-refractivity contribution in [1.29, 1.82) is 0 Å². The molecule has 1 aliphatic rings. The number of hydrogen-bond acceptors (Lipinski definition) is 2. The standard InChI is InChI=1S/C14H20O3/c1-11-4-3-5-12(2)8-9-17-13(7-6-11)10-14(15)16/h4,8,10H,3,5-7,9H2,1-2H3,(H,15,16)/b11-4-,12-8-,13-10-. The highest BCUT2D eigenvalue weighted by Crippen LogP contribution is 2.16. The van der Waals surface area contributed by atoms with Crippen LogP contribution in [-0.4, -0.2) is 17.7 Å². The Morgan fingerprint density at radius 1 is 1.24 bits per heavy atom. The molecular weight excluding hydrogens is 216 g/mol. The molecule has 0 aromatic carbocycles. The van der Waals surface area contributed by atoms with Gasteiger partial charge in [-0.1, -0.05) is 17.2 Å². The van der Waals surface area contributed by atoms with Crippen molar-refractivity contribution in [2.24, 2.45) is 0 Å². The molecule has 0 saturated heterocycles. The lowest BCUT2D eigenvalue weighted by atomic mass is 10.1. The summed E-state index contributed by atoms with van der Waals surface area (Å²) in [5.41, 5.74) is 2.57. The summed E-state index contributed by atoms with van der Waals surface area (Å²) >= 11 is 0. The fraction of sp³-hybridized carbons (Fsp3) is 0.500. The first-order valence-corrected chi connectivity index (χ1v) is 5.95. The number of hydrogen-bond donors (Lipinski definition) is 1. The maximum absolute atomic E-state index is 10.6. The zero-order chi connectivity index (χ0) is 12.7. The topological polar surface area (TPSA) is 46.5 Å². The first kappa shape index (κ1) is 13.6. The van der Waals surface area contributed by atoms with Crippen LogP contribution >= 0.6 is 0 Å². The van der Waals surface area contributed by atoms with Gasteiger partial charge in [0.2, 0.25) is 0 Å². The number of carboxylic acid groups (broad SMARTS) is 1. The van der Waals surface area contributed by atoms with E-state index in [1.807, 2.05) is 6.08 Å². The monoisotopic (exact) mass is 236 g/mol. The fourth-order valence-electron chi connectivity index (χ4n) is 1.69. The van der Waals surface area contributed by atoms with Crippen molar-refractivity contribution in [3.05, 3.63) is 35.1 Å².